The number of nitrogens with zero attached hydrogens (tertiary/aromatic N) is 3. The van der Waals surface area contributed by atoms with Crippen molar-refractivity contribution in [2.45, 2.75) is 38.7 Å². The Morgan fingerprint density at radius 2 is 1.97 bits per heavy atom. The van der Waals surface area contributed by atoms with E-state index in [9.17, 15) is 9.59 Å². The molecule has 0 unspecified atom stereocenters. The summed E-state index contributed by atoms with van der Waals surface area (Å²) in [4.78, 5) is 26.5. The first-order chi connectivity index (χ1) is 13.8. The summed E-state index contributed by atoms with van der Waals surface area (Å²) in [5.74, 6) is 0.895. The van der Waals surface area contributed by atoms with E-state index in [0.717, 1.165) is 11.1 Å². The van der Waals surface area contributed by atoms with E-state index in [1.807, 2.05) is 19.9 Å². The number of esters is 1. The molecular formula is C21H22ClN3O4. The summed E-state index contributed by atoms with van der Waals surface area (Å²) in [6, 6.07) is 5.23. The number of halogens is 1. The van der Waals surface area contributed by atoms with Crippen LogP contribution < -0.4 is 9.64 Å². The maximum atomic E-state index is 12.9. The third-order valence-corrected chi connectivity index (χ3v) is 6.36. The van der Waals surface area contributed by atoms with Crippen LogP contribution in [0.3, 0.4) is 0 Å². The van der Waals surface area contributed by atoms with Crippen LogP contribution in [0, 0.1) is 13.8 Å². The first kappa shape index (κ1) is 19.6. The van der Waals surface area contributed by atoms with Gasteiger partial charge < -0.3 is 14.4 Å². The maximum absolute atomic E-state index is 12.9. The second-order valence-corrected chi connectivity index (χ2v) is 8.02. The summed E-state index contributed by atoms with van der Waals surface area (Å²) in [7, 11) is 1.31. The van der Waals surface area contributed by atoms with Gasteiger partial charge in [0.15, 0.2) is 17.3 Å². The SMILES string of the molecule is COC(=O)c1ccc(N2CCC3(CC2)CC(=O)c2c(cc(C)c(Cl)c2C)O3)nn1. The normalized spacial score (nSPS) is 17.7. The van der Waals surface area contributed by atoms with Crippen molar-refractivity contribution in [3.63, 3.8) is 0 Å². The zero-order valence-electron chi connectivity index (χ0n) is 16.6. The lowest BCUT2D eigenvalue weighted by molar-refractivity contribution is 0.0229. The zero-order chi connectivity index (χ0) is 20.8. The monoisotopic (exact) mass is 415 g/mol. The predicted molar refractivity (Wildman–Crippen MR) is 108 cm³/mol. The number of hydrogen-bond donors (Lipinski definition) is 0. The quantitative estimate of drug-likeness (QED) is 0.694. The minimum atomic E-state index is -0.514. The molecule has 1 aromatic heterocycles. The van der Waals surface area contributed by atoms with Crippen molar-refractivity contribution in [2.24, 2.45) is 0 Å². The van der Waals surface area contributed by atoms with Crippen LogP contribution >= 0.6 is 11.6 Å². The molecule has 2 aliphatic heterocycles. The van der Waals surface area contributed by atoms with Crippen LogP contribution in [0.5, 0.6) is 5.75 Å². The summed E-state index contributed by atoms with van der Waals surface area (Å²) in [6.07, 6.45) is 1.74. The van der Waals surface area contributed by atoms with Crippen molar-refractivity contribution in [1.82, 2.24) is 10.2 Å². The second kappa shape index (κ2) is 7.30. The highest BCUT2D eigenvalue weighted by Crippen LogP contribution is 2.43. The highest BCUT2D eigenvalue weighted by Gasteiger charge is 2.44. The molecule has 7 nitrogen and oxygen atoms in total. The zero-order valence-corrected chi connectivity index (χ0v) is 17.4. The Morgan fingerprint density at radius 3 is 2.59 bits per heavy atom. The molecule has 0 aliphatic carbocycles. The number of hydrogen-bond acceptors (Lipinski definition) is 7. The number of aryl methyl sites for hydroxylation is 1. The van der Waals surface area contributed by atoms with E-state index in [0.29, 0.717) is 54.5 Å². The van der Waals surface area contributed by atoms with Gasteiger partial charge >= 0.3 is 5.97 Å². The summed E-state index contributed by atoms with van der Waals surface area (Å²) in [6.45, 7) is 5.15. The molecule has 4 rings (SSSR count). The standard InChI is InChI=1S/C21H22ClN3O4/c1-12-10-16-18(13(2)19(12)22)15(26)11-21(29-16)6-8-25(9-7-21)17-5-4-14(23-24-17)20(27)28-3/h4-5,10H,6-9,11H2,1-3H3. The van der Waals surface area contributed by atoms with E-state index in [1.54, 1.807) is 12.1 Å². The average Bonchev–Trinajstić information content (AvgIpc) is 2.72. The van der Waals surface area contributed by atoms with Crippen LogP contribution in [0.1, 0.15) is 51.2 Å². The average molecular weight is 416 g/mol. The third kappa shape index (κ3) is 3.44. The van der Waals surface area contributed by atoms with Gasteiger partial charge in [0.05, 0.1) is 19.1 Å². The number of ether oxygens (including phenoxy) is 2. The number of rotatable bonds is 2. The highest BCUT2D eigenvalue weighted by atomic mass is 35.5. The molecule has 8 heteroatoms. The number of carbonyl (C=O) groups excluding carboxylic acids is 2. The third-order valence-electron chi connectivity index (χ3n) is 5.78. The molecule has 2 aromatic rings. The van der Waals surface area contributed by atoms with Gasteiger partial charge in [-0.25, -0.2) is 4.79 Å². The van der Waals surface area contributed by atoms with Gasteiger partial charge in [-0.2, -0.15) is 0 Å². The molecule has 1 fully saturated rings. The number of piperidine rings is 1. The molecule has 0 atom stereocenters. The fraction of sp³-hybridized carbons (Fsp3) is 0.429. The van der Waals surface area contributed by atoms with Crippen LogP contribution in [0.2, 0.25) is 5.02 Å². The Kier molecular flexibility index (Phi) is 4.94. The number of aromatic nitrogens is 2. The van der Waals surface area contributed by atoms with E-state index in [2.05, 4.69) is 19.8 Å². The Morgan fingerprint density at radius 1 is 1.24 bits per heavy atom. The van der Waals surface area contributed by atoms with Gasteiger partial charge in [-0.05, 0) is 43.2 Å². The number of anilines is 1. The number of Topliss-reactive ketones (excluding diaryl/α,β-unsaturated/α-hetero) is 1. The molecule has 0 radical (unpaired) electrons. The van der Waals surface area contributed by atoms with Crippen molar-refractivity contribution >= 4 is 29.2 Å². The van der Waals surface area contributed by atoms with Crippen LogP contribution in [0.25, 0.3) is 0 Å². The van der Waals surface area contributed by atoms with E-state index in [-0.39, 0.29) is 11.5 Å². The van der Waals surface area contributed by atoms with Gasteiger partial charge in [0, 0.05) is 31.0 Å². The number of methoxy groups -OCH3 is 1. The molecule has 152 valence electrons. The van der Waals surface area contributed by atoms with Crippen molar-refractivity contribution < 1.29 is 19.1 Å². The minimum Gasteiger partial charge on any atom is -0.486 e. The summed E-state index contributed by atoms with van der Waals surface area (Å²) in [5, 5.41) is 8.70. The van der Waals surface area contributed by atoms with Gasteiger partial charge in [-0.3, -0.25) is 4.79 Å². The lowest BCUT2D eigenvalue weighted by atomic mass is 9.81. The lowest BCUT2D eigenvalue weighted by Gasteiger charge is -2.44. The topological polar surface area (TPSA) is 81.6 Å². The molecule has 0 amide bonds. The van der Waals surface area contributed by atoms with E-state index in [4.69, 9.17) is 16.3 Å². The van der Waals surface area contributed by atoms with Crippen LogP contribution in [-0.4, -0.2) is 47.8 Å². The van der Waals surface area contributed by atoms with Crippen LogP contribution in [0.15, 0.2) is 18.2 Å². The number of ketones is 1. The summed E-state index contributed by atoms with van der Waals surface area (Å²) >= 11 is 6.33. The number of fused-ring (bicyclic) bond motifs is 1. The van der Waals surface area contributed by atoms with Gasteiger partial charge in [0.1, 0.15) is 11.4 Å². The molecule has 0 N–H and O–H groups in total. The first-order valence-corrected chi connectivity index (χ1v) is 9.90. The molecule has 1 aromatic carbocycles. The fourth-order valence-electron chi connectivity index (χ4n) is 4.13. The Hall–Kier alpha value is -2.67. The van der Waals surface area contributed by atoms with E-state index in [1.165, 1.54) is 7.11 Å². The maximum Gasteiger partial charge on any atom is 0.358 e. The van der Waals surface area contributed by atoms with Crippen LogP contribution in [-0.2, 0) is 4.74 Å². The lowest BCUT2D eigenvalue weighted by Crippen LogP contribution is -2.51. The molecule has 0 saturated carbocycles. The molecule has 29 heavy (non-hydrogen) atoms. The largest absolute Gasteiger partial charge is 0.486 e. The van der Waals surface area contributed by atoms with Gasteiger partial charge in [-0.15, -0.1) is 10.2 Å². The highest BCUT2D eigenvalue weighted by molar-refractivity contribution is 6.32. The van der Waals surface area contributed by atoms with E-state index >= 15 is 0 Å². The van der Waals surface area contributed by atoms with Gasteiger partial charge in [0.2, 0.25) is 0 Å². The molecule has 3 heterocycles. The Labute approximate surface area is 174 Å². The van der Waals surface area contributed by atoms with Crippen LogP contribution in [0.4, 0.5) is 5.82 Å². The Balaban J connectivity index is 1.51. The van der Waals surface area contributed by atoms with Crippen molar-refractivity contribution in [3.8, 4) is 5.75 Å². The van der Waals surface area contributed by atoms with Crippen molar-refractivity contribution in [3.05, 3.63) is 45.6 Å². The van der Waals surface area contributed by atoms with Crippen molar-refractivity contribution in [2.75, 3.05) is 25.1 Å². The Bertz CT molecular complexity index is 982. The minimum absolute atomic E-state index is 0.0846. The molecule has 2 aliphatic rings. The van der Waals surface area contributed by atoms with E-state index < -0.39 is 11.6 Å². The number of benzene rings is 1. The molecule has 1 spiro atoms. The second-order valence-electron chi connectivity index (χ2n) is 7.65. The summed E-state index contributed by atoms with van der Waals surface area (Å²) < 4.78 is 11.0. The predicted octanol–water partition coefficient (Wildman–Crippen LogP) is 3.54. The summed E-state index contributed by atoms with van der Waals surface area (Å²) in [5.41, 5.74) is 1.98. The molecular weight excluding hydrogens is 394 g/mol. The number of carbonyl (C=O) groups is 2. The van der Waals surface area contributed by atoms with Gasteiger partial charge in [-0.1, -0.05) is 11.6 Å². The fourth-order valence-corrected chi connectivity index (χ4v) is 4.28. The molecule has 1 saturated heterocycles. The molecule has 0 bridgehead atoms. The van der Waals surface area contributed by atoms with Gasteiger partial charge in [0.25, 0.3) is 0 Å². The van der Waals surface area contributed by atoms with Crippen molar-refractivity contribution in [1.29, 1.82) is 0 Å². The smallest absolute Gasteiger partial charge is 0.358 e. The first-order valence-electron chi connectivity index (χ1n) is 9.52.